The molecule has 1 aromatic heterocycles. The Bertz CT molecular complexity index is 895. The highest BCUT2D eigenvalue weighted by molar-refractivity contribution is 6.31. The van der Waals surface area contributed by atoms with Crippen molar-refractivity contribution in [3.05, 3.63) is 64.7 Å². The van der Waals surface area contributed by atoms with Crippen LogP contribution in [-0.2, 0) is 11.2 Å². The lowest BCUT2D eigenvalue weighted by molar-refractivity contribution is -0.115. The van der Waals surface area contributed by atoms with E-state index in [9.17, 15) is 9.18 Å². The van der Waals surface area contributed by atoms with Gasteiger partial charge in [-0.3, -0.25) is 4.79 Å². The number of aryl methyl sites for hydroxylation is 1. The summed E-state index contributed by atoms with van der Waals surface area (Å²) >= 11 is 5.92. The van der Waals surface area contributed by atoms with Crippen LogP contribution in [0.5, 0.6) is 0 Å². The molecule has 0 saturated heterocycles. The molecule has 24 heavy (non-hydrogen) atoms. The summed E-state index contributed by atoms with van der Waals surface area (Å²) in [6, 6.07) is 11.3. The molecule has 2 aromatic carbocycles. The molecule has 0 aliphatic carbocycles. The van der Waals surface area contributed by atoms with Crippen molar-refractivity contribution in [2.24, 2.45) is 0 Å². The van der Waals surface area contributed by atoms with E-state index in [2.05, 4.69) is 15.5 Å². The number of hydrogen-bond acceptors (Lipinski definition) is 4. The third-order valence-corrected chi connectivity index (χ3v) is 3.60. The molecule has 7 heteroatoms. The molecular weight excluding hydrogens is 333 g/mol. The summed E-state index contributed by atoms with van der Waals surface area (Å²) < 4.78 is 18.7. The van der Waals surface area contributed by atoms with Crippen molar-refractivity contribution >= 4 is 23.2 Å². The van der Waals surface area contributed by atoms with E-state index in [1.165, 1.54) is 12.1 Å². The number of aromatic nitrogens is 2. The number of hydrogen-bond donors (Lipinski definition) is 1. The Labute approximate surface area is 142 Å². The van der Waals surface area contributed by atoms with Crippen LogP contribution in [0, 0.1) is 12.7 Å². The Balaban J connectivity index is 1.72. The van der Waals surface area contributed by atoms with E-state index in [0.717, 1.165) is 5.56 Å². The zero-order valence-corrected chi connectivity index (χ0v) is 13.5. The van der Waals surface area contributed by atoms with Gasteiger partial charge >= 0.3 is 0 Å². The number of halogens is 2. The molecule has 0 radical (unpaired) electrons. The van der Waals surface area contributed by atoms with Gasteiger partial charge in [-0.2, -0.15) is 4.98 Å². The molecule has 0 aliphatic rings. The molecule has 3 rings (SSSR count). The predicted molar refractivity (Wildman–Crippen MR) is 88.2 cm³/mol. The molecule has 0 atom stereocenters. The van der Waals surface area contributed by atoms with E-state index >= 15 is 0 Å². The first-order valence-electron chi connectivity index (χ1n) is 7.16. The van der Waals surface area contributed by atoms with Gasteiger partial charge < -0.3 is 9.84 Å². The first kappa shape index (κ1) is 16.1. The number of amides is 1. The number of benzene rings is 2. The predicted octanol–water partition coefficient (Wildman–Crippen LogP) is 4.02. The number of nitrogens with zero attached hydrogens (tertiary/aromatic N) is 2. The molecule has 0 spiro atoms. The molecule has 5 nitrogen and oxygen atoms in total. The maximum absolute atomic E-state index is 13.7. The highest BCUT2D eigenvalue weighted by Gasteiger charge is 2.15. The van der Waals surface area contributed by atoms with Crippen molar-refractivity contribution in [2.45, 2.75) is 13.3 Å². The van der Waals surface area contributed by atoms with Crippen LogP contribution in [0.4, 0.5) is 10.1 Å². The van der Waals surface area contributed by atoms with Crippen LogP contribution in [0.3, 0.4) is 0 Å². The molecule has 0 saturated carbocycles. The van der Waals surface area contributed by atoms with Crippen LogP contribution in [0.15, 0.2) is 47.0 Å². The molecule has 0 bridgehead atoms. The number of rotatable bonds is 4. The second kappa shape index (κ2) is 6.80. The number of anilines is 1. The van der Waals surface area contributed by atoms with Crippen LogP contribution >= 0.6 is 11.6 Å². The molecule has 1 amide bonds. The van der Waals surface area contributed by atoms with E-state index in [1.54, 1.807) is 24.3 Å². The smallest absolute Gasteiger partial charge is 0.260 e. The minimum absolute atomic E-state index is 0.0369. The summed E-state index contributed by atoms with van der Waals surface area (Å²) in [5.41, 5.74) is 1.69. The molecule has 0 fully saturated rings. The Hall–Kier alpha value is -2.73. The van der Waals surface area contributed by atoms with E-state index in [1.807, 2.05) is 13.0 Å². The third-order valence-electron chi connectivity index (χ3n) is 3.36. The van der Waals surface area contributed by atoms with Crippen molar-refractivity contribution in [2.75, 3.05) is 5.32 Å². The van der Waals surface area contributed by atoms with E-state index < -0.39 is 5.82 Å². The van der Waals surface area contributed by atoms with Gasteiger partial charge in [-0.15, -0.1) is 0 Å². The summed E-state index contributed by atoms with van der Waals surface area (Å²) in [6.07, 6.45) is -0.0933. The first-order chi connectivity index (χ1) is 11.5. The highest BCUT2D eigenvalue weighted by Crippen LogP contribution is 2.22. The van der Waals surface area contributed by atoms with Crippen LogP contribution < -0.4 is 5.32 Å². The Morgan fingerprint density at radius 2 is 2.08 bits per heavy atom. The van der Waals surface area contributed by atoms with Gasteiger partial charge in [0.25, 0.3) is 5.89 Å². The maximum atomic E-state index is 13.7. The van der Waals surface area contributed by atoms with E-state index in [4.69, 9.17) is 16.1 Å². The monoisotopic (exact) mass is 345 g/mol. The fraction of sp³-hybridized carbons (Fsp3) is 0.118. The van der Waals surface area contributed by atoms with Gasteiger partial charge in [0.15, 0.2) is 5.82 Å². The lowest BCUT2D eigenvalue weighted by atomic mass is 10.2. The topological polar surface area (TPSA) is 68.0 Å². The average molecular weight is 346 g/mol. The summed E-state index contributed by atoms with van der Waals surface area (Å²) in [4.78, 5) is 16.2. The molecule has 1 N–H and O–H groups in total. The normalized spacial score (nSPS) is 10.6. The number of carbonyl (C=O) groups excluding carboxylic acids is 1. The van der Waals surface area contributed by atoms with Gasteiger partial charge in [-0.1, -0.05) is 35.0 Å². The van der Waals surface area contributed by atoms with E-state index in [0.29, 0.717) is 10.7 Å². The second-order valence-electron chi connectivity index (χ2n) is 5.18. The van der Waals surface area contributed by atoms with Crippen LogP contribution in [0.25, 0.3) is 11.5 Å². The van der Waals surface area contributed by atoms with Crippen molar-refractivity contribution in [1.29, 1.82) is 0 Å². The lowest BCUT2D eigenvalue weighted by Crippen LogP contribution is -2.16. The quantitative estimate of drug-likeness (QED) is 0.775. The van der Waals surface area contributed by atoms with Crippen molar-refractivity contribution < 1.29 is 13.7 Å². The molecule has 3 aromatic rings. The average Bonchev–Trinajstić information content (AvgIpc) is 2.99. The van der Waals surface area contributed by atoms with Crippen molar-refractivity contribution in [3.63, 3.8) is 0 Å². The lowest BCUT2D eigenvalue weighted by Gasteiger charge is -2.07. The SMILES string of the molecule is Cc1ccc(Cl)cc1NC(=O)Cc1noc(-c2ccccc2F)n1. The Morgan fingerprint density at radius 1 is 1.29 bits per heavy atom. The molecule has 122 valence electrons. The summed E-state index contributed by atoms with van der Waals surface area (Å²) in [5.74, 6) is -0.576. The number of nitrogens with one attached hydrogen (secondary N) is 1. The van der Waals surface area contributed by atoms with Gasteiger partial charge in [-0.05, 0) is 36.8 Å². The molecule has 1 heterocycles. The second-order valence-corrected chi connectivity index (χ2v) is 5.62. The maximum Gasteiger partial charge on any atom is 0.260 e. The van der Waals surface area contributed by atoms with Crippen molar-refractivity contribution in [1.82, 2.24) is 10.1 Å². The molecular formula is C17H13ClFN3O2. The largest absolute Gasteiger partial charge is 0.334 e. The minimum atomic E-state index is -0.466. The summed E-state index contributed by atoms with van der Waals surface area (Å²) in [6.45, 7) is 1.86. The zero-order valence-electron chi connectivity index (χ0n) is 12.7. The van der Waals surface area contributed by atoms with Gasteiger partial charge in [0.05, 0.1) is 12.0 Å². The van der Waals surface area contributed by atoms with Gasteiger partial charge in [0.1, 0.15) is 5.82 Å². The van der Waals surface area contributed by atoms with Crippen molar-refractivity contribution in [3.8, 4) is 11.5 Å². The molecule has 0 aliphatic heterocycles. The molecule has 0 unspecified atom stereocenters. The van der Waals surface area contributed by atoms with E-state index in [-0.39, 0.29) is 29.6 Å². The van der Waals surface area contributed by atoms with Crippen LogP contribution in [0.2, 0.25) is 5.02 Å². The highest BCUT2D eigenvalue weighted by atomic mass is 35.5. The first-order valence-corrected chi connectivity index (χ1v) is 7.54. The minimum Gasteiger partial charge on any atom is -0.334 e. The Morgan fingerprint density at radius 3 is 2.88 bits per heavy atom. The van der Waals surface area contributed by atoms with Crippen LogP contribution in [0.1, 0.15) is 11.4 Å². The fourth-order valence-corrected chi connectivity index (χ4v) is 2.31. The fourth-order valence-electron chi connectivity index (χ4n) is 2.14. The standard InChI is InChI=1S/C17H13ClFN3O2/c1-10-6-7-11(18)8-14(10)20-16(23)9-15-21-17(24-22-15)12-4-2-3-5-13(12)19/h2-8H,9H2,1H3,(H,20,23). The van der Waals surface area contributed by atoms with Gasteiger partial charge in [0, 0.05) is 10.7 Å². The number of carbonyl (C=O) groups is 1. The summed E-state index contributed by atoms with van der Waals surface area (Å²) in [5, 5.41) is 6.98. The Kier molecular flexibility index (Phi) is 4.57. The van der Waals surface area contributed by atoms with Crippen LogP contribution in [-0.4, -0.2) is 16.0 Å². The summed E-state index contributed by atoms with van der Waals surface area (Å²) in [7, 11) is 0. The van der Waals surface area contributed by atoms with Gasteiger partial charge in [0.2, 0.25) is 5.91 Å². The van der Waals surface area contributed by atoms with Gasteiger partial charge in [-0.25, -0.2) is 4.39 Å². The zero-order chi connectivity index (χ0) is 17.1. The third kappa shape index (κ3) is 3.60.